The number of carboxylic acids is 1. The number of aliphatic carboxylic acids is 1. The van der Waals surface area contributed by atoms with Gasteiger partial charge in [0.05, 0.1) is 11.9 Å². The lowest BCUT2D eigenvalue weighted by Crippen LogP contribution is -2.26. The number of thioether (sulfide) groups is 1. The molecule has 0 spiro atoms. The van der Waals surface area contributed by atoms with Crippen LogP contribution in [0.15, 0.2) is 10.9 Å². The Morgan fingerprint density at radius 3 is 2.94 bits per heavy atom. The average molecular weight is 260 g/mol. The molecular formula is C9H12N2O3S2. The first-order valence-electron chi connectivity index (χ1n) is 4.66. The molecule has 0 aliphatic rings. The summed E-state index contributed by atoms with van der Waals surface area (Å²) in [5.41, 5.74) is 2.04. The maximum Gasteiger partial charge on any atom is 0.304 e. The molecule has 0 unspecified atom stereocenters. The summed E-state index contributed by atoms with van der Waals surface area (Å²) in [6.07, 6.45) is 0.157. The van der Waals surface area contributed by atoms with E-state index in [1.54, 1.807) is 10.9 Å². The quantitative estimate of drug-likeness (QED) is 0.717. The van der Waals surface area contributed by atoms with Crippen LogP contribution in [0.2, 0.25) is 0 Å². The lowest BCUT2D eigenvalue weighted by molar-refractivity contribution is -0.136. The molecule has 0 saturated heterocycles. The molecular weight excluding hydrogens is 248 g/mol. The minimum absolute atomic E-state index is 0.157. The molecule has 88 valence electrons. The van der Waals surface area contributed by atoms with Crippen molar-refractivity contribution in [3.8, 4) is 0 Å². The normalized spacial score (nSPS) is 10.0. The van der Waals surface area contributed by atoms with Crippen LogP contribution in [0, 0.1) is 0 Å². The minimum Gasteiger partial charge on any atom is -0.481 e. The largest absolute Gasteiger partial charge is 0.481 e. The third-order valence-corrected chi connectivity index (χ3v) is 3.23. The topological polar surface area (TPSA) is 79.3 Å². The van der Waals surface area contributed by atoms with Crippen LogP contribution in [0.5, 0.6) is 0 Å². The number of hydrogen-bond acceptors (Lipinski definition) is 5. The number of aromatic nitrogens is 1. The molecule has 0 saturated carbocycles. The highest BCUT2D eigenvalue weighted by atomic mass is 32.2. The van der Waals surface area contributed by atoms with Gasteiger partial charge in [0.25, 0.3) is 5.91 Å². The first kappa shape index (κ1) is 13.0. The fraction of sp³-hybridized carbons (Fsp3) is 0.444. The summed E-state index contributed by atoms with van der Waals surface area (Å²) in [7, 11) is 0. The molecule has 1 aromatic rings. The predicted molar refractivity (Wildman–Crippen MR) is 64.0 cm³/mol. The molecule has 0 bridgehead atoms. The van der Waals surface area contributed by atoms with Gasteiger partial charge in [-0.1, -0.05) is 0 Å². The number of carboxylic acid groups (broad SMARTS) is 1. The number of nitrogens with one attached hydrogen (secondary N) is 1. The second-order valence-corrected chi connectivity index (χ2v) is 4.83. The number of nitrogens with zero attached hydrogens (tertiary/aromatic N) is 1. The minimum atomic E-state index is -0.793. The molecule has 1 heterocycles. The lowest BCUT2D eigenvalue weighted by Gasteiger charge is -2.02. The van der Waals surface area contributed by atoms with E-state index in [1.807, 2.05) is 0 Å². The molecule has 16 heavy (non-hydrogen) atoms. The van der Waals surface area contributed by atoms with E-state index in [-0.39, 0.29) is 12.3 Å². The Morgan fingerprint density at radius 1 is 1.50 bits per heavy atom. The van der Waals surface area contributed by atoms with Gasteiger partial charge in [-0.15, -0.1) is 11.3 Å². The summed E-state index contributed by atoms with van der Waals surface area (Å²) in [6, 6.07) is 0. The van der Waals surface area contributed by atoms with Crippen LogP contribution < -0.4 is 5.32 Å². The van der Waals surface area contributed by atoms with Crippen molar-refractivity contribution in [2.24, 2.45) is 0 Å². The zero-order valence-corrected chi connectivity index (χ0v) is 10.1. The van der Waals surface area contributed by atoms with Crippen LogP contribution in [0.25, 0.3) is 0 Å². The zero-order valence-electron chi connectivity index (χ0n) is 8.51. The first-order valence-corrected chi connectivity index (χ1v) is 6.76. The second kappa shape index (κ2) is 7.24. The van der Waals surface area contributed by atoms with Crippen LogP contribution in [0.4, 0.5) is 0 Å². The van der Waals surface area contributed by atoms with E-state index < -0.39 is 5.97 Å². The van der Waals surface area contributed by atoms with E-state index >= 15 is 0 Å². The molecule has 1 aromatic heterocycles. The maximum absolute atomic E-state index is 11.4. The van der Waals surface area contributed by atoms with Gasteiger partial charge in [0.1, 0.15) is 5.69 Å². The smallest absolute Gasteiger partial charge is 0.304 e. The molecule has 1 amide bonds. The number of carbonyl (C=O) groups is 2. The van der Waals surface area contributed by atoms with Crippen molar-refractivity contribution >= 4 is 35.0 Å². The first-order chi connectivity index (χ1) is 7.70. The molecule has 0 fully saturated rings. The Labute approximate surface area is 101 Å². The Kier molecular flexibility index (Phi) is 5.87. The van der Waals surface area contributed by atoms with E-state index in [0.717, 1.165) is 0 Å². The fourth-order valence-electron chi connectivity index (χ4n) is 0.913. The number of hydrogen-bond donors (Lipinski definition) is 2. The Bertz CT molecular complexity index is 341. The van der Waals surface area contributed by atoms with Crippen molar-refractivity contribution in [2.75, 3.05) is 18.1 Å². The Morgan fingerprint density at radius 2 is 2.31 bits per heavy atom. The van der Waals surface area contributed by atoms with E-state index in [9.17, 15) is 9.59 Å². The van der Waals surface area contributed by atoms with Gasteiger partial charge in [0.15, 0.2) is 0 Å². The van der Waals surface area contributed by atoms with E-state index in [4.69, 9.17) is 5.11 Å². The van der Waals surface area contributed by atoms with E-state index in [0.29, 0.717) is 23.7 Å². The number of carbonyl (C=O) groups excluding carboxylic acids is 1. The van der Waals surface area contributed by atoms with Crippen LogP contribution >= 0.6 is 23.1 Å². The van der Waals surface area contributed by atoms with Crippen molar-refractivity contribution in [1.82, 2.24) is 10.3 Å². The van der Waals surface area contributed by atoms with Crippen LogP contribution in [0.3, 0.4) is 0 Å². The number of amides is 1. The van der Waals surface area contributed by atoms with Crippen molar-refractivity contribution in [3.05, 3.63) is 16.6 Å². The van der Waals surface area contributed by atoms with E-state index in [2.05, 4.69) is 10.3 Å². The molecule has 0 aliphatic carbocycles. The number of thiazole rings is 1. The van der Waals surface area contributed by atoms with Crippen molar-refractivity contribution < 1.29 is 14.7 Å². The SMILES string of the molecule is O=C(O)CCSCCNC(=O)c1cscn1. The molecule has 1 rings (SSSR count). The molecule has 2 N–H and O–H groups in total. The van der Waals surface area contributed by atoms with Crippen molar-refractivity contribution in [1.29, 1.82) is 0 Å². The summed E-state index contributed by atoms with van der Waals surface area (Å²) in [4.78, 5) is 25.5. The fourth-order valence-corrected chi connectivity index (χ4v) is 2.22. The van der Waals surface area contributed by atoms with Crippen LogP contribution in [0.1, 0.15) is 16.9 Å². The highest BCUT2D eigenvalue weighted by Gasteiger charge is 2.05. The van der Waals surface area contributed by atoms with Crippen LogP contribution in [-0.4, -0.2) is 40.0 Å². The molecule has 0 aromatic carbocycles. The summed E-state index contributed by atoms with van der Waals surface area (Å²) >= 11 is 2.88. The zero-order chi connectivity index (χ0) is 11.8. The third kappa shape index (κ3) is 5.13. The molecule has 7 heteroatoms. The standard InChI is InChI=1S/C9H12N2O3S2/c12-8(13)1-3-15-4-2-10-9(14)7-5-16-6-11-7/h5-6H,1-4H2,(H,10,14)(H,12,13). The lowest BCUT2D eigenvalue weighted by atomic mass is 10.4. The monoisotopic (exact) mass is 260 g/mol. The Hall–Kier alpha value is -1.08. The summed E-state index contributed by atoms with van der Waals surface area (Å²) in [6.45, 7) is 0.528. The van der Waals surface area contributed by atoms with Crippen molar-refractivity contribution in [3.63, 3.8) is 0 Å². The number of rotatable bonds is 7. The third-order valence-electron chi connectivity index (χ3n) is 1.66. The predicted octanol–water partition coefficient (Wildman–Crippen LogP) is 1.08. The Balaban J connectivity index is 2.03. The summed E-state index contributed by atoms with van der Waals surface area (Å²) in [5, 5.41) is 12.8. The summed E-state index contributed by atoms with van der Waals surface area (Å²) in [5.74, 6) is 0.310. The van der Waals surface area contributed by atoms with Gasteiger partial charge in [0.2, 0.25) is 0 Å². The highest BCUT2D eigenvalue weighted by Crippen LogP contribution is 2.02. The molecule has 0 atom stereocenters. The van der Waals surface area contributed by atoms with Crippen molar-refractivity contribution in [2.45, 2.75) is 6.42 Å². The van der Waals surface area contributed by atoms with E-state index in [1.165, 1.54) is 23.1 Å². The second-order valence-electron chi connectivity index (χ2n) is 2.89. The maximum atomic E-state index is 11.4. The molecule has 0 radical (unpaired) electrons. The van der Waals surface area contributed by atoms with Crippen LogP contribution in [-0.2, 0) is 4.79 Å². The molecule has 0 aliphatic heterocycles. The van der Waals surface area contributed by atoms with Gasteiger partial charge in [-0.05, 0) is 0 Å². The summed E-state index contributed by atoms with van der Waals surface area (Å²) < 4.78 is 0. The average Bonchev–Trinajstić information content (AvgIpc) is 2.75. The van der Waals surface area contributed by atoms with Gasteiger partial charge < -0.3 is 10.4 Å². The van der Waals surface area contributed by atoms with Gasteiger partial charge in [-0.2, -0.15) is 11.8 Å². The van der Waals surface area contributed by atoms with Gasteiger partial charge in [0, 0.05) is 23.4 Å². The van der Waals surface area contributed by atoms with Gasteiger partial charge >= 0.3 is 5.97 Å². The molecule has 5 nitrogen and oxygen atoms in total. The highest BCUT2D eigenvalue weighted by molar-refractivity contribution is 7.99. The van der Waals surface area contributed by atoms with Gasteiger partial charge in [-0.25, -0.2) is 4.98 Å². The van der Waals surface area contributed by atoms with Gasteiger partial charge in [-0.3, -0.25) is 9.59 Å².